The largest absolute Gasteiger partial charge is 0.377 e. The van der Waals surface area contributed by atoms with E-state index in [-0.39, 0.29) is 30.5 Å². The molecule has 2 rings (SSSR count). The minimum atomic E-state index is -0.526. The highest BCUT2D eigenvalue weighted by atomic mass is 16.5. The van der Waals surface area contributed by atoms with E-state index < -0.39 is 6.04 Å². The molecule has 0 radical (unpaired) electrons. The van der Waals surface area contributed by atoms with Gasteiger partial charge < -0.3 is 25.6 Å². The Labute approximate surface area is 119 Å². The Morgan fingerprint density at radius 3 is 2.80 bits per heavy atom. The molecular weight excluding hydrogens is 260 g/mol. The second kappa shape index (κ2) is 7.01. The zero-order valence-corrected chi connectivity index (χ0v) is 12.1. The number of carbonyl (C=O) groups excluding carboxylic acids is 2. The summed E-state index contributed by atoms with van der Waals surface area (Å²) in [6, 6.07) is -0.727. The van der Waals surface area contributed by atoms with Crippen LogP contribution in [0.3, 0.4) is 0 Å². The molecule has 20 heavy (non-hydrogen) atoms. The van der Waals surface area contributed by atoms with Gasteiger partial charge in [-0.3, -0.25) is 9.59 Å². The predicted octanol–water partition coefficient (Wildman–Crippen LogP) is -1.70. The first kappa shape index (κ1) is 15.2. The third-order valence-electron chi connectivity index (χ3n) is 3.48. The van der Waals surface area contributed by atoms with E-state index >= 15 is 0 Å². The SMILES string of the molecule is CC(C)NC(=O)C1COCCN1C(=O)C1CNCCN1. The first-order valence-electron chi connectivity index (χ1n) is 7.22. The van der Waals surface area contributed by atoms with E-state index in [2.05, 4.69) is 16.0 Å². The molecule has 7 heteroatoms. The van der Waals surface area contributed by atoms with Gasteiger partial charge in [0.15, 0.2) is 0 Å². The Morgan fingerprint density at radius 1 is 1.35 bits per heavy atom. The van der Waals surface area contributed by atoms with E-state index in [4.69, 9.17) is 4.74 Å². The minimum Gasteiger partial charge on any atom is -0.377 e. The molecule has 2 atom stereocenters. The molecule has 2 saturated heterocycles. The Morgan fingerprint density at radius 2 is 2.15 bits per heavy atom. The number of piperazine rings is 1. The molecule has 2 heterocycles. The highest BCUT2D eigenvalue weighted by Gasteiger charge is 2.36. The number of nitrogens with one attached hydrogen (secondary N) is 3. The molecule has 0 aromatic carbocycles. The van der Waals surface area contributed by atoms with Gasteiger partial charge in [0.05, 0.1) is 19.3 Å². The lowest BCUT2D eigenvalue weighted by molar-refractivity contribution is -0.150. The van der Waals surface area contributed by atoms with Crippen molar-refractivity contribution >= 4 is 11.8 Å². The van der Waals surface area contributed by atoms with Gasteiger partial charge in [-0.15, -0.1) is 0 Å². The fourth-order valence-electron chi connectivity index (χ4n) is 2.49. The van der Waals surface area contributed by atoms with Crippen molar-refractivity contribution in [2.45, 2.75) is 32.0 Å². The summed E-state index contributed by atoms with van der Waals surface area (Å²) in [6.07, 6.45) is 0. The second-order valence-corrected chi connectivity index (χ2v) is 5.50. The van der Waals surface area contributed by atoms with E-state index in [1.165, 1.54) is 0 Å². The van der Waals surface area contributed by atoms with Gasteiger partial charge in [0, 0.05) is 32.2 Å². The lowest BCUT2D eigenvalue weighted by Gasteiger charge is -2.38. The Kier molecular flexibility index (Phi) is 5.33. The second-order valence-electron chi connectivity index (χ2n) is 5.50. The lowest BCUT2D eigenvalue weighted by Crippen LogP contribution is -2.63. The van der Waals surface area contributed by atoms with E-state index in [1.54, 1.807) is 4.90 Å². The van der Waals surface area contributed by atoms with Crippen LogP contribution in [0.1, 0.15) is 13.8 Å². The Hall–Kier alpha value is -1.18. The number of hydrogen-bond acceptors (Lipinski definition) is 5. The van der Waals surface area contributed by atoms with Crippen LogP contribution >= 0.6 is 0 Å². The smallest absolute Gasteiger partial charge is 0.245 e. The van der Waals surface area contributed by atoms with Crippen molar-refractivity contribution in [3.63, 3.8) is 0 Å². The van der Waals surface area contributed by atoms with E-state index in [0.29, 0.717) is 19.7 Å². The maximum absolute atomic E-state index is 12.5. The van der Waals surface area contributed by atoms with Crippen molar-refractivity contribution in [2.24, 2.45) is 0 Å². The molecule has 2 aliphatic rings. The van der Waals surface area contributed by atoms with Crippen molar-refractivity contribution < 1.29 is 14.3 Å². The molecule has 2 amide bonds. The summed E-state index contributed by atoms with van der Waals surface area (Å²) < 4.78 is 5.36. The zero-order valence-electron chi connectivity index (χ0n) is 12.1. The van der Waals surface area contributed by atoms with Crippen LogP contribution in [0, 0.1) is 0 Å². The van der Waals surface area contributed by atoms with E-state index in [1.807, 2.05) is 13.8 Å². The standard InChI is InChI=1S/C13H24N4O3/c1-9(2)16-12(18)11-8-20-6-5-17(11)13(19)10-7-14-3-4-15-10/h9-11,14-15H,3-8H2,1-2H3,(H,16,18). The zero-order chi connectivity index (χ0) is 14.5. The molecule has 2 aliphatic heterocycles. The molecule has 7 nitrogen and oxygen atoms in total. The van der Waals surface area contributed by atoms with Crippen LogP contribution in [-0.2, 0) is 14.3 Å². The van der Waals surface area contributed by atoms with Crippen LogP contribution in [0.25, 0.3) is 0 Å². The number of ether oxygens (including phenoxy) is 1. The highest BCUT2D eigenvalue weighted by Crippen LogP contribution is 2.10. The van der Waals surface area contributed by atoms with Gasteiger partial charge in [-0.05, 0) is 13.8 Å². The number of morpholine rings is 1. The van der Waals surface area contributed by atoms with Crippen molar-refractivity contribution in [1.29, 1.82) is 0 Å². The minimum absolute atomic E-state index is 0.0237. The van der Waals surface area contributed by atoms with Crippen molar-refractivity contribution in [3.05, 3.63) is 0 Å². The number of hydrogen-bond donors (Lipinski definition) is 3. The van der Waals surface area contributed by atoms with E-state index in [0.717, 1.165) is 13.1 Å². The lowest BCUT2D eigenvalue weighted by atomic mass is 10.1. The molecule has 0 aromatic heterocycles. The van der Waals surface area contributed by atoms with Crippen LogP contribution < -0.4 is 16.0 Å². The third-order valence-corrected chi connectivity index (χ3v) is 3.48. The van der Waals surface area contributed by atoms with Gasteiger partial charge in [-0.2, -0.15) is 0 Å². The maximum atomic E-state index is 12.5. The van der Waals surface area contributed by atoms with Gasteiger partial charge in [0.1, 0.15) is 6.04 Å². The van der Waals surface area contributed by atoms with Crippen LogP contribution in [0.4, 0.5) is 0 Å². The molecule has 114 valence electrons. The van der Waals surface area contributed by atoms with Gasteiger partial charge >= 0.3 is 0 Å². The van der Waals surface area contributed by atoms with E-state index in [9.17, 15) is 9.59 Å². The number of nitrogens with zero attached hydrogens (tertiary/aromatic N) is 1. The molecular formula is C13H24N4O3. The van der Waals surface area contributed by atoms with Crippen LogP contribution in [0.5, 0.6) is 0 Å². The normalized spacial score (nSPS) is 27.4. The topological polar surface area (TPSA) is 82.7 Å². The Bertz CT molecular complexity index is 356. The average Bonchev–Trinajstić information content (AvgIpc) is 2.46. The molecule has 0 aromatic rings. The first-order chi connectivity index (χ1) is 9.59. The van der Waals surface area contributed by atoms with Crippen molar-refractivity contribution in [2.75, 3.05) is 39.4 Å². The van der Waals surface area contributed by atoms with Crippen LogP contribution in [-0.4, -0.2) is 74.2 Å². The molecule has 2 fully saturated rings. The maximum Gasteiger partial charge on any atom is 0.245 e. The monoisotopic (exact) mass is 284 g/mol. The van der Waals surface area contributed by atoms with Gasteiger partial charge in [0.2, 0.25) is 11.8 Å². The fourth-order valence-corrected chi connectivity index (χ4v) is 2.49. The molecule has 2 unspecified atom stereocenters. The summed E-state index contributed by atoms with van der Waals surface area (Å²) in [7, 11) is 0. The van der Waals surface area contributed by atoms with Crippen molar-refractivity contribution in [3.8, 4) is 0 Å². The summed E-state index contributed by atoms with van der Waals surface area (Å²) in [5.74, 6) is -0.166. The van der Waals surface area contributed by atoms with Crippen LogP contribution in [0.2, 0.25) is 0 Å². The highest BCUT2D eigenvalue weighted by molar-refractivity contribution is 5.90. The Balaban J connectivity index is 2.01. The summed E-state index contributed by atoms with van der Waals surface area (Å²) in [6.45, 7) is 7.26. The van der Waals surface area contributed by atoms with Crippen LogP contribution in [0.15, 0.2) is 0 Å². The van der Waals surface area contributed by atoms with Gasteiger partial charge in [-0.25, -0.2) is 0 Å². The quantitative estimate of drug-likeness (QED) is 0.575. The predicted molar refractivity (Wildman–Crippen MR) is 74.3 cm³/mol. The molecule has 0 saturated carbocycles. The van der Waals surface area contributed by atoms with Gasteiger partial charge in [-0.1, -0.05) is 0 Å². The summed E-state index contributed by atoms with van der Waals surface area (Å²) >= 11 is 0. The molecule has 0 bridgehead atoms. The molecule has 0 spiro atoms. The molecule has 0 aliphatic carbocycles. The molecule has 3 N–H and O–H groups in total. The van der Waals surface area contributed by atoms with Gasteiger partial charge in [0.25, 0.3) is 0 Å². The first-order valence-corrected chi connectivity index (χ1v) is 7.22. The van der Waals surface area contributed by atoms with Crippen molar-refractivity contribution in [1.82, 2.24) is 20.9 Å². The summed E-state index contributed by atoms with van der Waals surface area (Å²) in [5, 5.41) is 9.23. The third kappa shape index (κ3) is 3.68. The summed E-state index contributed by atoms with van der Waals surface area (Å²) in [4.78, 5) is 26.4. The number of amides is 2. The number of carbonyl (C=O) groups is 2. The average molecular weight is 284 g/mol. The summed E-state index contributed by atoms with van der Waals surface area (Å²) in [5.41, 5.74) is 0. The number of rotatable bonds is 3. The fraction of sp³-hybridized carbons (Fsp3) is 0.846.